The number of amides is 2. The largest absolute Gasteiger partial charge is 0.388 e. The van der Waals surface area contributed by atoms with Gasteiger partial charge < -0.3 is 32.2 Å². The second-order valence-electron chi connectivity index (χ2n) is 8.53. The molecular weight excluding hydrogens is 500 g/mol. The number of nitrogens with one attached hydrogen (secondary N) is 2. The quantitative estimate of drug-likeness (QED) is 0.0703. The van der Waals surface area contributed by atoms with Gasteiger partial charge in [-0.1, -0.05) is 30.3 Å². The van der Waals surface area contributed by atoms with E-state index >= 15 is 0 Å². The van der Waals surface area contributed by atoms with Crippen molar-refractivity contribution in [1.82, 2.24) is 14.9 Å². The van der Waals surface area contributed by atoms with E-state index in [0.717, 1.165) is 4.90 Å². The van der Waals surface area contributed by atoms with Crippen LogP contribution in [0.15, 0.2) is 40.3 Å². The highest BCUT2D eigenvalue weighted by Gasteiger charge is 2.28. The van der Waals surface area contributed by atoms with Crippen LogP contribution < -0.4 is 27.2 Å². The fraction of sp³-hybridized carbons (Fsp3) is 0.522. The lowest BCUT2D eigenvalue weighted by atomic mass is 10.1. The Bertz CT molecular complexity index is 1040. The number of sulfonamides is 1. The van der Waals surface area contributed by atoms with Gasteiger partial charge >= 0.3 is 0 Å². The highest BCUT2D eigenvalue weighted by Crippen LogP contribution is 2.09. The Labute approximate surface area is 218 Å². The zero-order valence-electron chi connectivity index (χ0n) is 21.3. The van der Waals surface area contributed by atoms with Crippen LogP contribution in [0.1, 0.15) is 38.2 Å². The number of likely N-dealkylation sites (N-methyl/N-ethyl adjacent to an activating group) is 1. The summed E-state index contributed by atoms with van der Waals surface area (Å²) >= 11 is 0. The van der Waals surface area contributed by atoms with Gasteiger partial charge in [0, 0.05) is 20.1 Å². The number of aliphatic imine (C=N–C) groups is 2. The second kappa shape index (κ2) is 16.3. The standard InChI is InChI=1S/C23H38N8O5S/c1-17(24)27-12-6-10-19(15-32)29-21(33)14-31(2)22(34)20(11-7-13-28-23(25)26)30-37(35,36)16-18-8-4-3-5-9-18/h3-5,8-9,15,19-20,30H,6-7,10-14,16H2,1-2H3,(H2,24,27)(H,29,33)(H4,25,26,28)/t19?,20-/m1/s1. The third-order valence-electron chi connectivity index (χ3n) is 5.07. The molecular formula is C23H38N8O5S. The van der Waals surface area contributed by atoms with Crippen molar-refractivity contribution in [1.29, 1.82) is 0 Å². The van der Waals surface area contributed by atoms with E-state index in [1.165, 1.54) is 7.05 Å². The van der Waals surface area contributed by atoms with E-state index in [1.807, 2.05) is 0 Å². The predicted molar refractivity (Wildman–Crippen MR) is 143 cm³/mol. The molecule has 0 spiro atoms. The number of rotatable bonds is 17. The number of guanidine groups is 1. The fourth-order valence-corrected chi connectivity index (χ4v) is 4.71. The van der Waals surface area contributed by atoms with Crippen LogP contribution in [0.4, 0.5) is 0 Å². The first-order valence-electron chi connectivity index (χ1n) is 11.8. The Morgan fingerprint density at radius 1 is 1.05 bits per heavy atom. The van der Waals surface area contributed by atoms with Crippen molar-refractivity contribution >= 4 is 39.9 Å². The van der Waals surface area contributed by atoms with E-state index in [9.17, 15) is 22.8 Å². The third-order valence-corrected chi connectivity index (χ3v) is 6.42. The van der Waals surface area contributed by atoms with Crippen LogP contribution in [0, 0.1) is 0 Å². The molecule has 0 heterocycles. The Morgan fingerprint density at radius 3 is 2.27 bits per heavy atom. The SMILES string of the molecule is CC(N)=NCCCC(C=O)NC(=O)CN(C)C(=O)[C@@H](CCCN=C(N)N)NS(=O)(=O)Cc1ccccc1. The smallest absolute Gasteiger partial charge is 0.240 e. The summed E-state index contributed by atoms with van der Waals surface area (Å²) in [6, 6.07) is 6.65. The number of nitrogens with zero attached hydrogens (tertiary/aromatic N) is 3. The maximum atomic E-state index is 13.1. The summed E-state index contributed by atoms with van der Waals surface area (Å²) in [5.41, 5.74) is 16.7. The van der Waals surface area contributed by atoms with Gasteiger partial charge in [0.15, 0.2) is 5.96 Å². The number of hydrogen-bond acceptors (Lipinski definition) is 7. The molecule has 206 valence electrons. The van der Waals surface area contributed by atoms with Crippen molar-refractivity contribution in [2.24, 2.45) is 27.2 Å². The second-order valence-corrected chi connectivity index (χ2v) is 10.3. The molecule has 14 heteroatoms. The molecule has 0 fully saturated rings. The molecule has 1 rings (SSSR count). The first-order chi connectivity index (χ1) is 17.4. The minimum absolute atomic E-state index is 0.105. The molecule has 0 aliphatic heterocycles. The molecule has 8 N–H and O–H groups in total. The minimum atomic E-state index is -3.89. The lowest BCUT2D eigenvalue weighted by Crippen LogP contribution is -2.50. The zero-order valence-corrected chi connectivity index (χ0v) is 22.1. The summed E-state index contributed by atoms with van der Waals surface area (Å²) in [7, 11) is -2.51. The van der Waals surface area contributed by atoms with Crippen molar-refractivity contribution in [3.63, 3.8) is 0 Å². The van der Waals surface area contributed by atoms with Crippen molar-refractivity contribution in [3.05, 3.63) is 35.9 Å². The molecule has 0 bridgehead atoms. The number of benzene rings is 1. The molecule has 1 aromatic rings. The number of carbonyl (C=O) groups is 3. The highest BCUT2D eigenvalue weighted by atomic mass is 32.2. The average Bonchev–Trinajstić information content (AvgIpc) is 2.82. The van der Waals surface area contributed by atoms with Gasteiger partial charge in [-0.15, -0.1) is 0 Å². The molecule has 0 aliphatic carbocycles. The lowest BCUT2D eigenvalue weighted by Gasteiger charge is -2.25. The molecule has 0 saturated carbocycles. The van der Waals surface area contributed by atoms with Gasteiger partial charge in [0.2, 0.25) is 21.8 Å². The van der Waals surface area contributed by atoms with Gasteiger partial charge in [0.25, 0.3) is 0 Å². The fourth-order valence-electron chi connectivity index (χ4n) is 3.34. The van der Waals surface area contributed by atoms with E-state index in [0.29, 0.717) is 43.5 Å². The summed E-state index contributed by atoms with van der Waals surface area (Å²) in [6.45, 7) is 1.91. The van der Waals surface area contributed by atoms with Crippen LogP contribution in [0.5, 0.6) is 0 Å². The summed E-state index contributed by atoms with van der Waals surface area (Å²) in [5, 5.41) is 2.56. The summed E-state index contributed by atoms with van der Waals surface area (Å²) in [5.74, 6) is -1.16. The number of amidine groups is 1. The molecule has 1 unspecified atom stereocenters. The average molecular weight is 539 g/mol. The lowest BCUT2D eigenvalue weighted by molar-refractivity contribution is -0.136. The van der Waals surface area contributed by atoms with E-state index in [-0.39, 0.29) is 31.2 Å². The maximum absolute atomic E-state index is 13.1. The molecule has 1 aromatic carbocycles. The number of nitrogens with two attached hydrogens (primary N) is 3. The highest BCUT2D eigenvalue weighted by molar-refractivity contribution is 7.88. The molecule has 2 atom stereocenters. The van der Waals surface area contributed by atoms with Crippen molar-refractivity contribution in [2.75, 3.05) is 26.7 Å². The van der Waals surface area contributed by atoms with Crippen molar-refractivity contribution < 1.29 is 22.8 Å². The van der Waals surface area contributed by atoms with Crippen LogP contribution in [0.3, 0.4) is 0 Å². The van der Waals surface area contributed by atoms with Crippen LogP contribution >= 0.6 is 0 Å². The van der Waals surface area contributed by atoms with Gasteiger partial charge in [-0.2, -0.15) is 0 Å². The molecule has 13 nitrogen and oxygen atoms in total. The first kappa shape index (κ1) is 31.5. The zero-order chi connectivity index (χ0) is 27.8. The maximum Gasteiger partial charge on any atom is 0.240 e. The molecule has 0 aromatic heterocycles. The van der Waals surface area contributed by atoms with Gasteiger partial charge in [-0.25, -0.2) is 13.1 Å². The number of hydrogen-bond donors (Lipinski definition) is 5. The Kier molecular flexibility index (Phi) is 13.9. The Morgan fingerprint density at radius 2 is 1.68 bits per heavy atom. The van der Waals surface area contributed by atoms with Gasteiger partial charge in [-0.3, -0.25) is 19.6 Å². The molecule has 0 aliphatic rings. The van der Waals surface area contributed by atoms with E-state index < -0.39 is 33.9 Å². The van der Waals surface area contributed by atoms with Crippen LogP contribution in [0.2, 0.25) is 0 Å². The van der Waals surface area contributed by atoms with Crippen LogP contribution in [-0.4, -0.2) is 82.0 Å². The van der Waals surface area contributed by atoms with Crippen molar-refractivity contribution in [3.8, 4) is 0 Å². The summed E-state index contributed by atoms with van der Waals surface area (Å²) < 4.78 is 28.0. The number of carbonyl (C=O) groups excluding carboxylic acids is 3. The number of aldehydes is 1. The Balaban J connectivity index is 2.81. The van der Waals surface area contributed by atoms with Gasteiger partial charge in [-0.05, 0) is 38.2 Å². The minimum Gasteiger partial charge on any atom is -0.388 e. The molecule has 2 amide bonds. The van der Waals surface area contributed by atoms with E-state index in [2.05, 4.69) is 20.0 Å². The first-order valence-corrected chi connectivity index (χ1v) is 13.4. The van der Waals surface area contributed by atoms with Crippen LogP contribution in [0.25, 0.3) is 0 Å². The molecule has 37 heavy (non-hydrogen) atoms. The van der Waals surface area contributed by atoms with E-state index in [1.54, 1.807) is 37.3 Å². The third kappa shape index (κ3) is 14.0. The Hall–Kier alpha value is -3.52. The monoisotopic (exact) mass is 538 g/mol. The van der Waals surface area contributed by atoms with Gasteiger partial charge in [0.1, 0.15) is 12.3 Å². The topological polar surface area (TPSA) is 215 Å². The van der Waals surface area contributed by atoms with E-state index in [4.69, 9.17) is 17.2 Å². The van der Waals surface area contributed by atoms with Crippen LogP contribution in [-0.2, 0) is 30.2 Å². The normalized spacial score (nSPS) is 13.3. The molecule has 0 radical (unpaired) electrons. The predicted octanol–water partition coefficient (Wildman–Crippen LogP) is -1.17. The summed E-state index contributed by atoms with van der Waals surface area (Å²) in [6.07, 6.45) is 1.93. The van der Waals surface area contributed by atoms with Crippen molar-refractivity contribution in [2.45, 2.75) is 50.4 Å². The van der Waals surface area contributed by atoms with Gasteiger partial charge in [0.05, 0.1) is 24.2 Å². The molecule has 0 saturated heterocycles. The summed E-state index contributed by atoms with van der Waals surface area (Å²) in [4.78, 5) is 45.9.